The molecule has 1 aromatic carbocycles. The molecule has 0 bridgehead atoms. The lowest BCUT2D eigenvalue weighted by Gasteiger charge is -2.38. The largest absolute Gasteiger partial charge is 0.454 e. The standard InChI is InChI=1S/C16H24N2O2.2ClH/c1-3-12(2)16(18-8-6-17-7-9-18)13-4-5-14-15(10-13)20-11-19-14;;/h4-5,10,12,16-17H,3,6-9,11H2,1-2H3;2*1H/t12?,16-;;/m1../s1. The number of ether oxygens (including phenoxy) is 2. The third kappa shape index (κ3) is 3.99. The van der Waals surface area contributed by atoms with Crippen LogP contribution >= 0.6 is 24.8 Å². The molecule has 0 amide bonds. The molecule has 0 aliphatic carbocycles. The highest BCUT2D eigenvalue weighted by Crippen LogP contribution is 2.38. The minimum absolute atomic E-state index is 0. The summed E-state index contributed by atoms with van der Waals surface area (Å²) in [6.45, 7) is 9.35. The van der Waals surface area contributed by atoms with Crippen molar-refractivity contribution >= 4 is 24.8 Å². The number of piperazine rings is 1. The summed E-state index contributed by atoms with van der Waals surface area (Å²) in [6, 6.07) is 6.89. The molecule has 1 N–H and O–H groups in total. The topological polar surface area (TPSA) is 33.7 Å². The van der Waals surface area contributed by atoms with Gasteiger partial charge in [-0.05, 0) is 23.6 Å². The van der Waals surface area contributed by atoms with Crippen molar-refractivity contribution in [2.75, 3.05) is 33.0 Å². The minimum atomic E-state index is 0. The maximum absolute atomic E-state index is 5.54. The molecule has 2 aliphatic rings. The van der Waals surface area contributed by atoms with Gasteiger partial charge in [0.05, 0.1) is 0 Å². The summed E-state index contributed by atoms with van der Waals surface area (Å²) < 4.78 is 11.0. The van der Waals surface area contributed by atoms with Gasteiger partial charge in [-0.3, -0.25) is 4.90 Å². The van der Waals surface area contributed by atoms with Gasteiger partial charge < -0.3 is 14.8 Å². The Morgan fingerprint density at radius 3 is 2.50 bits per heavy atom. The Balaban J connectivity index is 0.00000121. The fraction of sp³-hybridized carbons (Fsp3) is 0.625. The summed E-state index contributed by atoms with van der Waals surface area (Å²) in [5, 5.41) is 3.43. The van der Waals surface area contributed by atoms with E-state index in [2.05, 4.69) is 42.3 Å². The van der Waals surface area contributed by atoms with E-state index in [1.807, 2.05) is 0 Å². The summed E-state index contributed by atoms with van der Waals surface area (Å²) in [7, 11) is 0. The van der Waals surface area contributed by atoms with Gasteiger partial charge in [-0.25, -0.2) is 0 Å². The summed E-state index contributed by atoms with van der Waals surface area (Å²) in [5.74, 6) is 2.40. The van der Waals surface area contributed by atoms with Crippen LogP contribution in [0.3, 0.4) is 0 Å². The molecule has 0 radical (unpaired) electrons. The van der Waals surface area contributed by atoms with E-state index in [0.717, 1.165) is 37.7 Å². The van der Waals surface area contributed by atoms with E-state index in [9.17, 15) is 0 Å². The second kappa shape index (κ2) is 8.82. The van der Waals surface area contributed by atoms with Crippen molar-refractivity contribution in [3.63, 3.8) is 0 Å². The van der Waals surface area contributed by atoms with Crippen LogP contribution in [-0.4, -0.2) is 37.9 Å². The van der Waals surface area contributed by atoms with Crippen LogP contribution in [0.15, 0.2) is 18.2 Å². The summed E-state index contributed by atoms with van der Waals surface area (Å²) in [4.78, 5) is 2.60. The molecule has 4 nitrogen and oxygen atoms in total. The molecule has 22 heavy (non-hydrogen) atoms. The highest BCUT2D eigenvalue weighted by molar-refractivity contribution is 5.85. The van der Waals surface area contributed by atoms with Crippen LogP contribution in [0.2, 0.25) is 0 Å². The van der Waals surface area contributed by atoms with Gasteiger partial charge in [0.2, 0.25) is 6.79 Å². The first kappa shape index (κ1) is 19.4. The molecule has 0 saturated carbocycles. The Kier molecular flexibility index (Phi) is 7.77. The lowest BCUT2D eigenvalue weighted by molar-refractivity contribution is 0.128. The molecule has 0 aromatic heterocycles. The molecule has 1 fully saturated rings. The lowest BCUT2D eigenvalue weighted by Crippen LogP contribution is -2.46. The van der Waals surface area contributed by atoms with Crippen LogP contribution in [-0.2, 0) is 0 Å². The summed E-state index contributed by atoms with van der Waals surface area (Å²) >= 11 is 0. The maximum atomic E-state index is 5.54. The highest BCUT2D eigenvalue weighted by Gasteiger charge is 2.27. The molecule has 3 rings (SSSR count). The second-order valence-electron chi connectivity index (χ2n) is 5.73. The van der Waals surface area contributed by atoms with E-state index in [0.29, 0.717) is 18.8 Å². The Labute approximate surface area is 145 Å². The SMILES string of the molecule is CCC(C)[C@H](c1ccc2c(c1)OCO2)N1CCNCC1.Cl.Cl. The van der Waals surface area contributed by atoms with Gasteiger partial charge in [-0.2, -0.15) is 0 Å². The van der Waals surface area contributed by atoms with Gasteiger partial charge in [0.15, 0.2) is 11.5 Å². The number of halogens is 2. The van der Waals surface area contributed by atoms with Gasteiger partial charge in [0, 0.05) is 32.2 Å². The summed E-state index contributed by atoms with van der Waals surface area (Å²) in [5.41, 5.74) is 1.35. The van der Waals surface area contributed by atoms with Gasteiger partial charge >= 0.3 is 0 Å². The van der Waals surface area contributed by atoms with Gasteiger partial charge in [0.25, 0.3) is 0 Å². The Morgan fingerprint density at radius 2 is 1.82 bits per heavy atom. The third-order valence-electron chi connectivity index (χ3n) is 4.47. The van der Waals surface area contributed by atoms with Gasteiger partial charge in [-0.1, -0.05) is 26.3 Å². The molecule has 2 aliphatic heterocycles. The first-order valence-electron chi connectivity index (χ1n) is 7.64. The summed E-state index contributed by atoms with van der Waals surface area (Å²) in [6.07, 6.45) is 1.18. The second-order valence-corrected chi connectivity index (χ2v) is 5.73. The van der Waals surface area contributed by atoms with Crippen molar-refractivity contribution in [3.05, 3.63) is 23.8 Å². The van der Waals surface area contributed by atoms with Crippen LogP contribution in [0, 0.1) is 5.92 Å². The van der Waals surface area contributed by atoms with Crippen molar-refractivity contribution in [2.45, 2.75) is 26.3 Å². The van der Waals surface area contributed by atoms with E-state index < -0.39 is 0 Å². The normalized spacial score (nSPS) is 19.7. The Hall–Kier alpha value is -0.680. The molecular formula is C16H26Cl2N2O2. The maximum Gasteiger partial charge on any atom is 0.231 e. The Morgan fingerprint density at radius 1 is 1.14 bits per heavy atom. The average molecular weight is 349 g/mol. The van der Waals surface area contributed by atoms with Crippen LogP contribution in [0.1, 0.15) is 31.9 Å². The monoisotopic (exact) mass is 348 g/mol. The van der Waals surface area contributed by atoms with Crippen LogP contribution in [0.25, 0.3) is 0 Å². The number of benzene rings is 1. The molecule has 1 aromatic rings. The number of hydrogen-bond donors (Lipinski definition) is 1. The zero-order valence-electron chi connectivity index (χ0n) is 13.2. The van der Waals surface area contributed by atoms with Gasteiger partial charge in [-0.15, -0.1) is 24.8 Å². The van der Waals surface area contributed by atoms with Crippen LogP contribution < -0.4 is 14.8 Å². The molecule has 6 heteroatoms. The van der Waals surface area contributed by atoms with Crippen molar-refractivity contribution in [1.82, 2.24) is 10.2 Å². The minimum Gasteiger partial charge on any atom is -0.454 e. The number of nitrogens with one attached hydrogen (secondary N) is 1. The van der Waals surface area contributed by atoms with Crippen molar-refractivity contribution in [3.8, 4) is 11.5 Å². The predicted molar refractivity (Wildman–Crippen MR) is 93.7 cm³/mol. The molecular weight excluding hydrogens is 323 g/mol. The molecule has 1 unspecified atom stereocenters. The number of hydrogen-bond acceptors (Lipinski definition) is 4. The van der Waals surface area contributed by atoms with E-state index in [4.69, 9.17) is 9.47 Å². The average Bonchev–Trinajstić information content (AvgIpc) is 2.96. The number of nitrogens with zero attached hydrogens (tertiary/aromatic N) is 1. The van der Waals surface area contributed by atoms with Crippen LogP contribution in [0.4, 0.5) is 0 Å². The zero-order chi connectivity index (χ0) is 13.9. The molecule has 2 atom stereocenters. The van der Waals surface area contributed by atoms with E-state index in [-0.39, 0.29) is 24.8 Å². The molecule has 126 valence electrons. The van der Waals surface area contributed by atoms with E-state index in [1.165, 1.54) is 12.0 Å². The van der Waals surface area contributed by atoms with Crippen molar-refractivity contribution < 1.29 is 9.47 Å². The number of fused-ring (bicyclic) bond motifs is 1. The smallest absolute Gasteiger partial charge is 0.231 e. The zero-order valence-corrected chi connectivity index (χ0v) is 14.8. The predicted octanol–water partition coefficient (Wildman–Crippen LogP) is 3.25. The van der Waals surface area contributed by atoms with Crippen molar-refractivity contribution in [1.29, 1.82) is 0 Å². The quantitative estimate of drug-likeness (QED) is 0.905. The van der Waals surface area contributed by atoms with E-state index >= 15 is 0 Å². The molecule has 1 saturated heterocycles. The molecule has 0 spiro atoms. The van der Waals surface area contributed by atoms with E-state index in [1.54, 1.807) is 0 Å². The third-order valence-corrected chi connectivity index (χ3v) is 4.47. The fourth-order valence-electron chi connectivity index (χ4n) is 3.18. The first-order valence-corrected chi connectivity index (χ1v) is 7.64. The van der Waals surface area contributed by atoms with Crippen molar-refractivity contribution in [2.24, 2.45) is 5.92 Å². The highest BCUT2D eigenvalue weighted by atomic mass is 35.5. The number of rotatable bonds is 4. The lowest BCUT2D eigenvalue weighted by atomic mass is 9.90. The Bertz CT molecular complexity index is 467. The molecule has 2 heterocycles. The first-order chi connectivity index (χ1) is 9.79. The van der Waals surface area contributed by atoms with Gasteiger partial charge in [0.1, 0.15) is 0 Å². The van der Waals surface area contributed by atoms with Crippen LogP contribution in [0.5, 0.6) is 11.5 Å². The fourth-order valence-corrected chi connectivity index (χ4v) is 3.18.